The standard InChI is InChI=1S/C21H29N3O2.HI/c1-16(25)14-19(18-6-4-3-5-7-18)15-24-21(22)23-13-12-17-8-10-20(26-2)11-9-17;/h3-11,16,19,25H,12-15H2,1-2H3,(H3,22,23,24);1H. The average Bonchev–Trinajstić information content (AvgIpc) is 2.66. The van der Waals surface area contributed by atoms with Gasteiger partial charge in [0.05, 0.1) is 13.2 Å². The molecule has 0 bridgehead atoms. The first-order valence-electron chi connectivity index (χ1n) is 8.98. The fourth-order valence-electron chi connectivity index (χ4n) is 2.84. The summed E-state index contributed by atoms with van der Waals surface area (Å²) in [6.45, 7) is 3.07. The fraction of sp³-hybridized carbons (Fsp3) is 0.381. The number of rotatable bonds is 9. The summed E-state index contributed by atoms with van der Waals surface area (Å²) in [6.07, 6.45) is 1.14. The maximum absolute atomic E-state index is 9.75. The molecule has 0 aromatic heterocycles. The molecule has 0 saturated heterocycles. The molecule has 4 N–H and O–H groups in total. The lowest BCUT2D eigenvalue weighted by Gasteiger charge is -2.17. The molecule has 0 saturated carbocycles. The Morgan fingerprint density at radius 2 is 1.81 bits per heavy atom. The van der Waals surface area contributed by atoms with Gasteiger partial charge in [-0.1, -0.05) is 42.5 Å². The molecule has 6 heteroatoms. The Kier molecular flexibility index (Phi) is 10.8. The molecule has 2 unspecified atom stereocenters. The van der Waals surface area contributed by atoms with Gasteiger partial charge in [0.2, 0.25) is 0 Å². The van der Waals surface area contributed by atoms with Crippen molar-refractivity contribution in [3.63, 3.8) is 0 Å². The Bertz CT molecular complexity index is 676. The summed E-state index contributed by atoms with van der Waals surface area (Å²) in [7, 11) is 1.66. The minimum atomic E-state index is -0.375. The van der Waals surface area contributed by atoms with Crippen LogP contribution in [0.1, 0.15) is 30.4 Å². The van der Waals surface area contributed by atoms with E-state index in [1.54, 1.807) is 14.0 Å². The zero-order valence-electron chi connectivity index (χ0n) is 16.0. The van der Waals surface area contributed by atoms with Crippen LogP contribution >= 0.6 is 24.0 Å². The molecule has 0 fully saturated rings. The average molecular weight is 483 g/mol. The van der Waals surface area contributed by atoms with Gasteiger partial charge in [-0.15, -0.1) is 24.0 Å². The number of nitrogens with one attached hydrogen (secondary N) is 1. The number of aliphatic imine (C=N–C) groups is 1. The van der Waals surface area contributed by atoms with Crippen molar-refractivity contribution in [1.29, 1.82) is 0 Å². The molecule has 0 radical (unpaired) electrons. The second kappa shape index (κ2) is 12.6. The number of ether oxygens (including phenoxy) is 1. The molecule has 2 atom stereocenters. The van der Waals surface area contributed by atoms with Crippen molar-refractivity contribution < 1.29 is 9.84 Å². The molecule has 0 heterocycles. The van der Waals surface area contributed by atoms with E-state index < -0.39 is 0 Å². The van der Waals surface area contributed by atoms with Gasteiger partial charge in [0.25, 0.3) is 0 Å². The lowest BCUT2D eigenvalue weighted by Crippen LogP contribution is -2.33. The Labute approximate surface area is 179 Å². The molecule has 2 aromatic carbocycles. The molecule has 0 aliphatic rings. The molecule has 148 valence electrons. The first-order valence-corrected chi connectivity index (χ1v) is 8.98. The van der Waals surface area contributed by atoms with Crippen LogP contribution in [0.2, 0.25) is 0 Å². The summed E-state index contributed by atoms with van der Waals surface area (Å²) in [5.74, 6) is 1.44. The van der Waals surface area contributed by atoms with Crippen molar-refractivity contribution in [3.8, 4) is 5.75 Å². The largest absolute Gasteiger partial charge is 0.497 e. The van der Waals surface area contributed by atoms with E-state index >= 15 is 0 Å². The maximum atomic E-state index is 9.75. The van der Waals surface area contributed by atoms with Crippen LogP contribution in [0.3, 0.4) is 0 Å². The Balaban J connectivity index is 0.00000364. The third-order valence-electron chi connectivity index (χ3n) is 4.26. The second-order valence-corrected chi connectivity index (χ2v) is 6.44. The smallest absolute Gasteiger partial charge is 0.188 e. The van der Waals surface area contributed by atoms with Crippen LogP contribution in [0.5, 0.6) is 5.75 Å². The van der Waals surface area contributed by atoms with Gasteiger partial charge in [0.1, 0.15) is 5.75 Å². The molecule has 0 aliphatic carbocycles. The van der Waals surface area contributed by atoms with E-state index in [0.29, 0.717) is 25.5 Å². The summed E-state index contributed by atoms with van der Waals surface area (Å²) >= 11 is 0. The molecular weight excluding hydrogens is 453 g/mol. The summed E-state index contributed by atoms with van der Waals surface area (Å²) in [5, 5.41) is 12.9. The second-order valence-electron chi connectivity index (χ2n) is 6.44. The highest BCUT2D eigenvalue weighted by atomic mass is 127. The van der Waals surface area contributed by atoms with Crippen LogP contribution in [-0.2, 0) is 6.42 Å². The van der Waals surface area contributed by atoms with Crippen LogP contribution < -0.4 is 15.8 Å². The summed E-state index contributed by atoms with van der Waals surface area (Å²) in [4.78, 5) is 4.46. The summed E-state index contributed by atoms with van der Waals surface area (Å²) < 4.78 is 5.16. The van der Waals surface area contributed by atoms with Crippen LogP contribution in [-0.4, -0.2) is 37.4 Å². The molecule has 2 aromatic rings. The molecule has 0 amide bonds. The summed E-state index contributed by atoms with van der Waals surface area (Å²) in [5.41, 5.74) is 8.38. The van der Waals surface area contributed by atoms with Crippen molar-refractivity contribution in [2.24, 2.45) is 10.7 Å². The summed E-state index contributed by atoms with van der Waals surface area (Å²) in [6, 6.07) is 18.1. The Morgan fingerprint density at radius 3 is 2.41 bits per heavy atom. The molecule has 27 heavy (non-hydrogen) atoms. The monoisotopic (exact) mass is 483 g/mol. The third kappa shape index (κ3) is 8.62. The van der Waals surface area contributed by atoms with Crippen molar-refractivity contribution >= 4 is 29.9 Å². The number of halogens is 1. The van der Waals surface area contributed by atoms with Gasteiger partial charge in [-0.2, -0.15) is 0 Å². The number of methoxy groups -OCH3 is 1. The van der Waals surface area contributed by atoms with E-state index in [4.69, 9.17) is 10.5 Å². The Morgan fingerprint density at radius 1 is 1.15 bits per heavy atom. The highest BCUT2D eigenvalue weighted by Crippen LogP contribution is 2.21. The van der Waals surface area contributed by atoms with E-state index in [2.05, 4.69) is 22.4 Å². The normalized spacial score (nSPS) is 13.4. The fourth-order valence-corrected chi connectivity index (χ4v) is 2.84. The number of nitrogens with zero attached hydrogens (tertiary/aromatic N) is 1. The highest BCUT2D eigenvalue weighted by Gasteiger charge is 2.13. The topological polar surface area (TPSA) is 79.9 Å². The van der Waals surface area contributed by atoms with Crippen molar-refractivity contribution in [3.05, 3.63) is 65.7 Å². The van der Waals surface area contributed by atoms with Gasteiger partial charge in [0.15, 0.2) is 5.96 Å². The number of benzene rings is 2. The van der Waals surface area contributed by atoms with E-state index in [1.807, 2.05) is 42.5 Å². The number of aliphatic hydroxyl groups is 1. The lowest BCUT2D eigenvalue weighted by atomic mass is 9.93. The van der Waals surface area contributed by atoms with Gasteiger partial charge in [0, 0.05) is 19.0 Å². The number of nitrogens with two attached hydrogens (primary N) is 1. The van der Waals surface area contributed by atoms with Gasteiger partial charge >= 0.3 is 0 Å². The minimum Gasteiger partial charge on any atom is -0.497 e. The third-order valence-corrected chi connectivity index (χ3v) is 4.26. The van der Waals surface area contributed by atoms with Crippen LogP contribution in [0.25, 0.3) is 0 Å². The van der Waals surface area contributed by atoms with Crippen LogP contribution in [0, 0.1) is 0 Å². The number of aliphatic hydroxyl groups excluding tert-OH is 1. The first kappa shape index (κ1) is 23.2. The van der Waals surface area contributed by atoms with Crippen molar-refractivity contribution in [2.75, 3.05) is 20.2 Å². The quantitative estimate of drug-likeness (QED) is 0.291. The lowest BCUT2D eigenvalue weighted by molar-refractivity contribution is 0.175. The van der Waals surface area contributed by atoms with E-state index in [1.165, 1.54) is 11.1 Å². The highest BCUT2D eigenvalue weighted by molar-refractivity contribution is 14.0. The SMILES string of the molecule is COc1ccc(CCNC(N)=NCC(CC(C)O)c2ccccc2)cc1.I. The number of guanidine groups is 1. The van der Waals surface area contributed by atoms with E-state index in [9.17, 15) is 5.11 Å². The first-order chi connectivity index (χ1) is 12.6. The van der Waals surface area contributed by atoms with Crippen LogP contribution in [0.15, 0.2) is 59.6 Å². The van der Waals surface area contributed by atoms with E-state index in [-0.39, 0.29) is 36.0 Å². The van der Waals surface area contributed by atoms with Crippen molar-refractivity contribution in [1.82, 2.24) is 5.32 Å². The number of hydrogen-bond acceptors (Lipinski definition) is 3. The molecule has 0 spiro atoms. The number of hydrogen-bond donors (Lipinski definition) is 3. The molecule has 5 nitrogen and oxygen atoms in total. The predicted molar refractivity (Wildman–Crippen MR) is 122 cm³/mol. The maximum Gasteiger partial charge on any atom is 0.188 e. The van der Waals surface area contributed by atoms with Gasteiger partial charge in [-0.3, -0.25) is 4.99 Å². The van der Waals surface area contributed by atoms with Gasteiger partial charge < -0.3 is 20.9 Å². The minimum absolute atomic E-state index is 0. The Hall–Kier alpha value is -1.80. The van der Waals surface area contributed by atoms with Crippen molar-refractivity contribution in [2.45, 2.75) is 31.8 Å². The zero-order valence-corrected chi connectivity index (χ0v) is 18.3. The van der Waals surface area contributed by atoms with Crippen LogP contribution in [0.4, 0.5) is 0 Å². The predicted octanol–water partition coefficient (Wildman–Crippen LogP) is 3.31. The van der Waals surface area contributed by atoms with Gasteiger partial charge in [-0.25, -0.2) is 0 Å². The molecule has 0 aliphatic heterocycles. The zero-order chi connectivity index (χ0) is 18.8. The van der Waals surface area contributed by atoms with E-state index in [0.717, 1.165) is 12.2 Å². The van der Waals surface area contributed by atoms with Gasteiger partial charge in [-0.05, 0) is 43.0 Å². The molecular formula is C21H30IN3O2. The molecule has 2 rings (SSSR count).